The van der Waals surface area contributed by atoms with Crippen molar-refractivity contribution in [2.45, 2.75) is 25.5 Å². The fourth-order valence-electron chi connectivity index (χ4n) is 3.10. The number of piperidine rings is 1. The van der Waals surface area contributed by atoms with Gasteiger partial charge in [0.25, 0.3) is 0 Å². The van der Waals surface area contributed by atoms with Gasteiger partial charge < -0.3 is 20.7 Å². The molecule has 0 spiro atoms. The molecule has 5 nitrogen and oxygen atoms in total. The SMILES string of the molecule is COC1CN(c2cc3c(cc2Cl)C(N)C(=O)N3)CCC1C. The summed E-state index contributed by atoms with van der Waals surface area (Å²) in [4.78, 5) is 13.9. The number of anilines is 2. The largest absolute Gasteiger partial charge is 0.379 e. The molecule has 1 saturated heterocycles. The van der Waals surface area contributed by atoms with Crippen LogP contribution in [0, 0.1) is 5.92 Å². The molecule has 3 unspecified atom stereocenters. The van der Waals surface area contributed by atoms with Gasteiger partial charge in [0, 0.05) is 31.5 Å². The minimum atomic E-state index is -0.625. The molecule has 1 aromatic rings. The van der Waals surface area contributed by atoms with E-state index in [9.17, 15) is 4.79 Å². The van der Waals surface area contributed by atoms with Crippen LogP contribution in [0.15, 0.2) is 12.1 Å². The van der Waals surface area contributed by atoms with Crippen molar-refractivity contribution < 1.29 is 9.53 Å². The van der Waals surface area contributed by atoms with E-state index in [1.54, 1.807) is 13.2 Å². The first-order chi connectivity index (χ1) is 10.0. The molecule has 2 heterocycles. The van der Waals surface area contributed by atoms with E-state index in [0.717, 1.165) is 36.4 Å². The van der Waals surface area contributed by atoms with E-state index < -0.39 is 6.04 Å². The average molecular weight is 310 g/mol. The van der Waals surface area contributed by atoms with Gasteiger partial charge in [-0.2, -0.15) is 0 Å². The summed E-state index contributed by atoms with van der Waals surface area (Å²) in [6.45, 7) is 3.94. The highest BCUT2D eigenvalue weighted by atomic mass is 35.5. The first-order valence-electron chi connectivity index (χ1n) is 7.19. The molecule has 114 valence electrons. The second kappa shape index (κ2) is 5.48. The summed E-state index contributed by atoms with van der Waals surface area (Å²) in [6, 6.07) is 3.10. The minimum absolute atomic E-state index is 0.180. The van der Waals surface area contributed by atoms with Crippen LogP contribution in [0.3, 0.4) is 0 Å². The smallest absolute Gasteiger partial charge is 0.245 e. The van der Waals surface area contributed by atoms with E-state index in [2.05, 4.69) is 17.1 Å². The lowest BCUT2D eigenvalue weighted by atomic mass is 9.95. The molecule has 1 aromatic carbocycles. The molecule has 0 saturated carbocycles. The number of carbonyl (C=O) groups is 1. The number of carbonyl (C=O) groups excluding carboxylic acids is 1. The molecule has 1 amide bonds. The van der Waals surface area contributed by atoms with Gasteiger partial charge in [-0.1, -0.05) is 18.5 Å². The predicted octanol–water partition coefficient (Wildman–Crippen LogP) is 2.15. The molecule has 0 aliphatic carbocycles. The second-order valence-electron chi connectivity index (χ2n) is 5.84. The number of rotatable bonds is 2. The van der Waals surface area contributed by atoms with E-state index in [1.807, 2.05) is 6.07 Å². The number of nitrogens with two attached hydrogens (primary N) is 1. The highest BCUT2D eigenvalue weighted by molar-refractivity contribution is 6.33. The molecule has 1 fully saturated rings. The quantitative estimate of drug-likeness (QED) is 0.878. The van der Waals surface area contributed by atoms with Crippen LogP contribution in [0.1, 0.15) is 24.9 Å². The van der Waals surface area contributed by atoms with E-state index in [0.29, 0.717) is 10.9 Å². The number of fused-ring (bicyclic) bond motifs is 1. The lowest BCUT2D eigenvalue weighted by molar-refractivity contribution is -0.116. The van der Waals surface area contributed by atoms with Gasteiger partial charge in [-0.05, 0) is 24.5 Å². The summed E-state index contributed by atoms with van der Waals surface area (Å²) in [5.74, 6) is 0.354. The first-order valence-corrected chi connectivity index (χ1v) is 7.56. The Kier molecular flexibility index (Phi) is 3.82. The number of nitrogens with one attached hydrogen (secondary N) is 1. The number of nitrogens with zero attached hydrogens (tertiary/aromatic N) is 1. The van der Waals surface area contributed by atoms with Gasteiger partial charge in [-0.15, -0.1) is 0 Å². The number of amides is 1. The molecule has 21 heavy (non-hydrogen) atoms. The van der Waals surface area contributed by atoms with Crippen molar-refractivity contribution >= 4 is 28.9 Å². The van der Waals surface area contributed by atoms with Gasteiger partial charge in [-0.25, -0.2) is 0 Å². The molecular weight excluding hydrogens is 290 g/mol. The number of hydrogen-bond donors (Lipinski definition) is 2. The third-order valence-electron chi connectivity index (χ3n) is 4.53. The Morgan fingerprint density at radius 1 is 1.48 bits per heavy atom. The Bertz CT molecular complexity index is 578. The van der Waals surface area contributed by atoms with Gasteiger partial charge in [0.2, 0.25) is 5.91 Å². The van der Waals surface area contributed by atoms with Crippen LogP contribution in [0.4, 0.5) is 11.4 Å². The summed E-state index contributed by atoms with van der Waals surface area (Å²) in [5.41, 5.74) is 8.30. The standard InChI is InChI=1S/C15H20ClN3O2/c1-8-3-4-19(7-13(8)21-2)12-6-11-9(5-10(12)16)14(17)15(20)18-11/h5-6,8,13-14H,3-4,7,17H2,1-2H3,(H,18,20). The van der Waals surface area contributed by atoms with Crippen molar-refractivity contribution in [3.8, 4) is 0 Å². The van der Waals surface area contributed by atoms with Gasteiger partial charge in [0.05, 0.1) is 16.8 Å². The van der Waals surface area contributed by atoms with Gasteiger partial charge in [0.1, 0.15) is 6.04 Å². The third kappa shape index (κ3) is 2.50. The zero-order chi connectivity index (χ0) is 15.1. The van der Waals surface area contributed by atoms with E-state index in [4.69, 9.17) is 22.1 Å². The Morgan fingerprint density at radius 3 is 2.95 bits per heavy atom. The molecule has 0 aromatic heterocycles. The van der Waals surface area contributed by atoms with E-state index >= 15 is 0 Å². The Labute approximate surface area is 129 Å². The second-order valence-corrected chi connectivity index (χ2v) is 6.25. The zero-order valence-electron chi connectivity index (χ0n) is 12.2. The number of halogens is 1. The summed E-state index contributed by atoms with van der Waals surface area (Å²) in [5, 5.41) is 3.44. The van der Waals surface area contributed by atoms with Crippen LogP contribution in [0.5, 0.6) is 0 Å². The number of ether oxygens (including phenoxy) is 1. The van der Waals surface area contributed by atoms with Crippen LogP contribution in [0.2, 0.25) is 5.02 Å². The van der Waals surface area contributed by atoms with Gasteiger partial charge in [-0.3, -0.25) is 4.79 Å². The van der Waals surface area contributed by atoms with Gasteiger partial charge >= 0.3 is 0 Å². The molecular formula is C15H20ClN3O2. The van der Waals surface area contributed by atoms with E-state index in [-0.39, 0.29) is 12.0 Å². The van der Waals surface area contributed by atoms with Crippen molar-refractivity contribution in [2.24, 2.45) is 11.7 Å². The van der Waals surface area contributed by atoms with E-state index in [1.165, 1.54) is 0 Å². The van der Waals surface area contributed by atoms with Crippen molar-refractivity contribution in [3.63, 3.8) is 0 Å². The molecule has 3 atom stereocenters. The lowest BCUT2D eigenvalue weighted by Crippen LogP contribution is -2.44. The zero-order valence-corrected chi connectivity index (χ0v) is 13.0. The van der Waals surface area contributed by atoms with Crippen LogP contribution in [-0.2, 0) is 9.53 Å². The third-order valence-corrected chi connectivity index (χ3v) is 4.83. The van der Waals surface area contributed by atoms with Crippen molar-refractivity contribution in [1.82, 2.24) is 0 Å². The van der Waals surface area contributed by atoms with Crippen molar-refractivity contribution in [3.05, 3.63) is 22.7 Å². The fraction of sp³-hybridized carbons (Fsp3) is 0.533. The average Bonchev–Trinajstić information content (AvgIpc) is 2.74. The normalized spacial score (nSPS) is 28.5. The van der Waals surface area contributed by atoms with Crippen LogP contribution >= 0.6 is 11.6 Å². The Balaban J connectivity index is 1.90. The topological polar surface area (TPSA) is 67.6 Å². The lowest BCUT2D eigenvalue weighted by Gasteiger charge is -2.38. The number of methoxy groups -OCH3 is 1. The maximum atomic E-state index is 11.7. The Hall–Kier alpha value is -1.30. The highest BCUT2D eigenvalue weighted by Gasteiger charge is 2.31. The fourth-order valence-corrected chi connectivity index (χ4v) is 3.39. The number of hydrogen-bond acceptors (Lipinski definition) is 4. The van der Waals surface area contributed by atoms with Gasteiger partial charge in [0.15, 0.2) is 0 Å². The molecule has 3 N–H and O–H groups in total. The highest BCUT2D eigenvalue weighted by Crippen LogP contribution is 2.39. The van der Waals surface area contributed by atoms with Crippen LogP contribution < -0.4 is 16.0 Å². The maximum absolute atomic E-state index is 11.7. The molecule has 6 heteroatoms. The molecule has 2 aliphatic heterocycles. The Morgan fingerprint density at radius 2 is 2.24 bits per heavy atom. The monoisotopic (exact) mass is 309 g/mol. The molecule has 2 aliphatic rings. The van der Waals surface area contributed by atoms with Crippen molar-refractivity contribution in [2.75, 3.05) is 30.4 Å². The molecule has 0 bridgehead atoms. The molecule has 0 radical (unpaired) electrons. The number of benzene rings is 1. The summed E-state index contributed by atoms with van der Waals surface area (Å²) in [6.07, 6.45) is 1.25. The maximum Gasteiger partial charge on any atom is 0.245 e. The van der Waals surface area contributed by atoms with Crippen LogP contribution in [-0.4, -0.2) is 32.2 Å². The van der Waals surface area contributed by atoms with Crippen molar-refractivity contribution in [1.29, 1.82) is 0 Å². The summed E-state index contributed by atoms with van der Waals surface area (Å²) in [7, 11) is 1.74. The van der Waals surface area contributed by atoms with Crippen LogP contribution in [0.25, 0.3) is 0 Å². The molecule has 3 rings (SSSR count). The minimum Gasteiger partial charge on any atom is -0.379 e. The first kappa shape index (κ1) is 14.6. The summed E-state index contributed by atoms with van der Waals surface area (Å²) >= 11 is 6.40. The predicted molar refractivity (Wildman–Crippen MR) is 83.8 cm³/mol. The summed E-state index contributed by atoms with van der Waals surface area (Å²) < 4.78 is 5.55.